The van der Waals surface area contributed by atoms with Gasteiger partial charge in [0.2, 0.25) is 0 Å². The zero-order valence-corrected chi connectivity index (χ0v) is 14.1. The van der Waals surface area contributed by atoms with E-state index in [1.807, 2.05) is 26.0 Å². The number of aliphatic hydroxyl groups excluding tert-OH is 1. The second-order valence-electron chi connectivity index (χ2n) is 4.91. The first kappa shape index (κ1) is 20.1. The number of rotatable bonds is 3. The Bertz CT molecular complexity index is 390. The fourth-order valence-corrected chi connectivity index (χ4v) is 2.31. The van der Waals surface area contributed by atoms with Gasteiger partial charge in [-0.15, -0.1) is 0 Å². The van der Waals surface area contributed by atoms with Crippen molar-refractivity contribution in [2.24, 2.45) is 5.92 Å². The average molecular weight is 314 g/mol. The highest BCUT2D eigenvalue weighted by Gasteiger charge is 2.13. The van der Waals surface area contributed by atoms with E-state index in [4.69, 9.17) is 16.7 Å². The molecule has 1 heterocycles. The van der Waals surface area contributed by atoms with E-state index in [1.54, 1.807) is 0 Å². The minimum atomic E-state index is -0.333. The fraction of sp³-hybridized carbons (Fsp3) is 0.588. The van der Waals surface area contributed by atoms with Crippen LogP contribution >= 0.6 is 11.6 Å². The highest BCUT2D eigenvalue weighted by molar-refractivity contribution is 6.30. The van der Waals surface area contributed by atoms with Crippen molar-refractivity contribution in [1.29, 1.82) is 0 Å². The fourth-order valence-electron chi connectivity index (χ4n) is 2.10. The minimum absolute atomic E-state index is 0.190. The Morgan fingerprint density at radius 2 is 2.10 bits per heavy atom. The van der Waals surface area contributed by atoms with Gasteiger partial charge >= 0.3 is 0 Å². The van der Waals surface area contributed by atoms with Crippen molar-refractivity contribution in [1.82, 2.24) is 5.32 Å². The van der Waals surface area contributed by atoms with Gasteiger partial charge in [-0.25, -0.2) is 0 Å². The second-order valence-corrected chi connectivity index (χ2v) is 5.34. The Kier molecular flexibility index (Phi) is 12.3. The summed E-state index contributed by atoms with van der Waals surface area (Å²) < 4.78 is 0. The highest BCUT2D eigenvalue weighted by atomic mass is 35.5. The zero-order valence-electron chi connectivity index (χ0n) is 13.4. The summed E-state index contributed by atoms with van der Waals surface area (Å²) in [5.74, 6) is 0.604. The number of carbonyl (C=O) groups is 1. The Labute approximate surface area is 133 Å². The van der Waals surface area contributed by atoms with Crippen molar-refractivity contribution < 1.29 is 9.90 Å². The molecular formula is C17H28ClNO2. The van der Waals surface area contributed by atoms with Crippen LogP contribution in [0.1, 0.15) is 39.2 Å². The van der Waals surface area contributed by atoms with Gasteiger partial charge < -0.3 is 10.4 Å². The molecule has 1 unspecified atom stereocenters. The quantitative estimate of drug-likeness (QED) is 0.898. The smallest absolute Gasteiger partial charge is 0.155 e. The Morgan fingerprint density at radius 1 is 1.43 bits per heavy atom. The van der Waals surface area contributed by atoms with Gasteiger partial charge in [0, 0.05) is 5.02 Å². The first-order chi connectivity index (χ1) is 10.1. The number of Topliss-reactive ketones (excluding diaryl/α,β-unsaturated/α-hetero) is 1. The van der Waals surface area contributed by atoms with E-state index in [9.17, 15) is 4.79 Å². The van der Waals surface area contributed by atoms with Gasteiger partial charge in [-0.05, 0) is 62.9 Å². The van der Waals surface area contributed by atoms with Crippen molar-refractivity contribution in [2.45, 2.75) is 40.0 Å². The minimum Gasteiger partial charge on any atom is -0.389 e. The van der Waals surface area contributed by atoms with Crippen LogP contribution in [0, 0.1) is 5.92 Å². The molecule has 0 spiro atoms. The van der Waals surface area contributed by atoms with Crippen molar-refractivity contribution in [3.8, 4) is 0 Å². The third-order valence-corrected chi connectivity index (χ3v) is 3.27. The summed E-state index contributed by atoms with van der Waals surface area (Å²) in [6.07, 6.45) is 3.82. The molecular weight excluding hydrogens is 286 g/mol. The number of hydrogen-bond donors (Lipinski definition) is 2. The number of nitrogens with one attached hydrogen (secondary N) is 1. The van der Waals surface area contributed by atoms with E-state index in [0.29, 0.717) is 0 Å². The van der Waals surface area contributed by atoms with Crippen molar-refractivity contribution in [3.63, 3.8) is 0 Å². The van der Waals surface area contributed by atoms with Crippen LogP contribution in [0.25, 0.3) is 0 Å². The van der Waals surface area contributed by atoms with Crippen molar-refractivity contribution >= 4 is 17.4 Å². The lowest BCUT2D eigenvalue weighted by Crippen LogP contribution is -2.30. The summed E-state index contributed by atoms with van der Waals surface area (Å²) in [7, 11) is 0. The summed E-state index contributed by atoms with van der Waals surface area (Å²) in [4.78, 5) is 9.56. The predicted molar refractivity (Wildman–Crippen MR) is 89.9 cm³/mol. The summed E-state index contributed by atoms with van der Waals surface area (Å²) in [5.41, 5.74) is 1.37. The molecule has 4 heteroatoms. The van der Waals surface area contributed by atoms with Gasteiger partial charge in [0.15, 0.2) is 5.78 Å². The third kappa shape index (κ3) is 10.5. The molecule has 0 bridgehead atoms. The molecule has 3 nitrogen and oxygen atoms in total. The predicted octanol–water partition coefficient (Wildman–Crippen LogP) is 3.48. The molecule has 1 atom stereocenters. The lowest BCUT2D eigenvalue weighted by atomic mass is 9.92. The standard InChI is InChI=1S/C12H16ClN.C3H6O2.C2H6/c13-12-5-1-3-10(8-12)7-11-4-2-6-14-9-11;1-3(5)2-4;1-2/h1,3,5,8,11,14H,2,4,6-7,9H2;4H,2H2,1H3;1-2H3. The van der Waals surface area contributed by atoms with Gasteiger partial charge in [-0.1, -0.05) is 37.6 Å². The Morgan fingerprint density at radius 3 is 2.57 bits per heavy atom. The zero-order chi connectivity index (χ0) is 16.1. The number of piperidine rings is 1. The Hall–Kier alpha value is -0.900. The topological polar surface area (TPSA) is 49.3 Å². The van der Waals surface area contributed by atoms with Crippen LogP contribution in [0.4, 0.5) is 0 Å². The molecule has 1 aliphatic rings. The first-order valence-corrected chi connectivity index (χ1v) is 8.05. The van der Waals surface area contributed by atoms with Crippen LogP contribution in [-0.2, 0) is 11.2 Å². The van der Waals surface area contributed by atoms with Gasteiger partial charge in [0.25, 0.3) is 0 Å². The average Bonchev–Trinajstić information content (AvgIpc) is 2.51. The number of halogens is 1. The van der Waals surface area contributed by atoms with Crippen molar-refractivity contribution in [2.75, 3.05) is 19.7 Å². The number of benzene rings is 1. The first-order valence-electron chi connectivity index (χ1n) is 7.67. The summed E-state index contributed by atoms with van der Waals surface area (Å²) in [6, 6.07) is 8.22. The van der Waals surface area contributed by atoms with E-state index in [-0.39, 0.29) is 12.4 Å². The van der Waals surface area contributed by atoms with Gasteiger partial charge in [-0.2, -0.15) is 0 Å². The molecule has 0 saturated carbocycles. The largest absolute Gasteiger partial charge is 0.389 e. The van der Waals surface area contributed by atoms with Crippen LogP contribution in [0.5, 0.6) is 0 Å². The highest BCUT2D eigenvalue weighted by Crippen LogP contribution is 2.18. The molecule has 120 valence electrons. The summed E-state index contributed by atoms with van der Waals surface area (Å²) >= 11 is 5.95. The summed E-state index contributed by atoms with van der Waals surface area (Å²) in [6.45, 7) is 7.35. The maximum Gasteiger partial charge on any atom is 0.155 e. The maximum absolute atomic E-state index is 9.56. The van der Waals surface area contributed by atoms with E-state index in [1.165, 1.54) is 31.9 Å². The van der Waals surface area contributed by atoms with Gasteiger partial charge in [0.1, 0.15) is 6.61 Å². The lowest BCUT2D eigenvalue weighted by Gasteiger charge is -2.22. The van der Waals surface area contributed by atoms with Gasteiger partial charge in [0.05, 0.1) is 0 Å². The van der Waals surface area contributed by atoms with Gasteiger partial charge in [-0.3, -0.25) is 4.79 Å². The van der Waals surface area contributed by atoms with E-state index in [2.05, 4.69) is 17.4 Å². The molecule has 1 aromatic rings. The maximum atomic E-state index is 9.56. The normalized spacial score (nSPS) is 16.9. The molecule has 0 amide bonds. The molecule has 0 radical (unpaired) electrons. The van der Waals surface area contributed by atoms with Crippen LogP contribution in [0.3, 0.4) is 0 Å². The van der Waals surface area contributed by atoms with E-state index in [0.717, 1.165) is 23.9 Å². The second kappa shape index (κ2) is 12.8. The number of aliphatic hydroxyl groups is 1. The molecule has 1 aromatic carbocycles. The van der Waals surface area contributed by atoms with Crippen LogP contribution in [0.2, 0.25) is 5.02 Å². The van der Waals surface area contributed by atoms with E-state index >= 15 is 0 Å². The number of ketones is 1. The van der Waals surface area contributed by atoms with Crippen molar-refractivity contribution in [3.05, 3.63) is 34.9 Å². The molecule has 1 fully saturated rings. The Balaban J connectivity index is 0.000000489. The van der Waals surface area contributed by atoms with Crippen LogP contribution in [0.15, 0.2) is 24.3 Å². The number of carbonyl (C=O) groups excluding carboxylic acids is 1. The molecule has 1 saturated heterocycles. The summed E-state index contributed by atoms with van der Waals surface area (Å²) in [5, 5.41) is 12.1. The lowest BCUT2D eigenvalue weighted by molar-refractivity contribution is -0.119. The van der Waals surface area contributed by atoms with E-state index < -0.39 is 0 Å². The molecule has 0 aliphatic carbocycles. The SMILES string of the molecule is CC.CC(=O)CO.Clc1cccc(CC2CCCNC2)c1. The number of hydrogen-bond acceptors (Lipinski definition) is 3. The molecule has 1 aliphatic heterocycles. The van der Waals surface area contributed by atoms with Crippen LogP contribution < -0.4 is 5.32 Å². The molecule has 2 rings (SSSR count). The monoisotopic (exact) mass is 313 g/mol. The van der Waals surface area contributed by atoms with Crippen LogP contribution in [-0.4, -0.2) is 30.6 Å². The molecule has 0 aromatic heterocycles. The molecule has 21 heavy (non-hydrogen) atoms. The molecule has 2 N–H and O–H groups in total. The third-order valence-electron chi connectivity index (χ3n) is 3.04.